The monoisotopic (exact) mass is 306 g/mol. The average Bonchev–Trinajstić information content (AvgIpc) is 3.03. The Hall–Kier alpha value is -1.27. The van der Waals surface area contributed by atoms with Gasteiger partial charge in [-0.2, -0.15) is 0 Å². The zero-order valence-corrected chi connectivity index (χ0v) is 13.3. The molecule has 0 aliphatic carbocycles. The minimum atomic E-state index is 0.793. The Labute approximate surface area is 129 Å². The van der Waals surface area contributed by atoms with Gasteiger partial charge in [-0.25, -0.2) is 0 Å². The number of nitrogens with zero attached hydrogens (tertiary/aromatic N) is 3. The van der Waals surface area contributed by atoms with Crippen LogP contribution in [-0.2, 0) is 25.3 Å². The van der Waals surface area contributed by atoms with E-state index in [9.17, 15) is 0 Å². The summed E-state index contributed by atoms with van der Waals surface area (Å²) in [5, 5.41) is 13.0. The summed E-state index contributed by atoms with van der Waals surface area (Å²) in [5.74, 6) is 3.94. The van der Waals surface area contributed by atoms with Crippen molar-refractivity contribution in [1.82, 2.24) is 20.1 Å². The lowest BCUT2D eigenvalue weighted by molar-refractivity contribution is 0.462. The van der Waals surface area contributed by atoms with Crippen LogP contribution in [0.5, 0.6) is 0 Å². The third kappa shape index (κ3) is 3.68. The van der Waals surface area contributed by atoms with E-state index in [4.69, 9.17) is 4.42 Å². The van der Waals surface area contributed by atoms with Crippen molar-refractivity contribution in [3.8, 4) is 0 Å². The predicted molar refractivity (Wildman–Crippen MR) is 83.2 cm³/mol. The molecule has 1 aliphatic rings. The molecule has 0 atom stereocenters. The number of rotatable bonds is 6. The quantitative estimate of drug-likeness (QED) is 0.831. The lowest BCUT2D eigenvalue weighted by Crippen LogP contribution is -2.10. The molecule has 2 aromatic heterocycles. The van der Waals surface area contributed by atoms with Crippen molar-refractivity contribution in [3.63, 3.8) is 0 Å². The van der Waals surface area contributed by atoms with Gasteiger partial charge in [0.15, 0.2) is 5.16 Å². The maximum absolute atomic E-state index is 5.81. The summed E-state index contributed by atoms with van der Waals surface area (Å²) in [6, 6.07) is 4.10. The van der Waals surface area contributed by atoms with Crippen molar-refractivity contribution >= 4 is 11.8 Å². The van der Waals surface area contributed by atoms with E-state index in [0.717, 1.165) is 54.3 Å². The fraction of sp³-hybridized carbons (Fsp3) is 0.600. The van der Waals surface area contributed by atoms with E-state index < -0.39 is 0 Å². The van der Waals surface area contributed by atoms with Gasteiger partial charge < -0.3 is 14.3 Å². The Balaban J connectivity index is 1.60. The molecule has 0 unspecified atom stereocenters. The molecule has 1 N–H and O–H groups in total. The first-order valence-electron chi connectivity index (χ1n) is 7.70. The molecular formula is C15H22N4OS. The van der Waals surface area contributed by atoms with Gasteiger partial charge in [0.05, 0.1) is 12.3 Å². The minimum Gasteiger partial charge on any atom is -0.464 e. The van der Waals surface area contributed by atoms with Gasteiger partial charge in [-0.3, -0.25) is 0 Å². The van der Waals surface area contributed by atoms with Gasteiger partial charge in [-0.15, -0.1) is 10.2 Å². The lowest BCUT2D eigenvalue weighted by atomic mass is 10.2. The number of nitrogens with one attached hydrogen (secondary N) is 1. The molecule has 0 fully saturated rings. The van der Waals surface area contributed by atoms with Crippen LogP contribution in [0, 0.1) is 0 Å². The first-order valence-corrected chi connectivity index (χ1v) is 8.68. The molecule has 0 saturated carbocycles. The number of hydrogen-bond donors (Lipinski definition) is 1. The molecule has 21 heavy (non-hydrogen) atoms. The standard InChI is InChI=1S/C15H22N4OS/c1-2-16-10-12-7-8-13(20-12)11-21-15-18-17-14-6-4-3-5-9-19(14)15/h7-8,16H,2-6,9-11H2,1H3. The number of furan rings is 1. The highest BCUT2D eigenvalue weighted by Crippen LogP contribution is 2.25. The SMILES string of the molecule is CCNCc1ccc(CSc2nnc3n2CCCCC3)o1. The number of aryl methyl sites for hydroxylation is 1. The van der Waals surface area contributed by atoms with Crippen molar-refractivity contribution in [2.24, 2.45) is 0 Å². The average molecular weight is 306 g/mol. The number of aromatic nitrogens is 3. The van der Waals surface area contributed by atoms with E-state index in [1.165, 1.54) is 19.3 Å². The molecule has 114 valence electrons. The molecule has 5 nitrogen and oxygen atoms in total. The van der Waals surface area contributed by atoms with Gasteiger partial charge >= 0.3 is 0 Å². The van der Waals surface area contributed by atoms with Crippen LogP contribution in [0.15, 0.2) is 21.7 Å². The summed E-state index contributed by atoms with van der Waals surface area (Å²) in [7, 11) is 0. The van der Waals surface area contributed by atoms with Gasteiger partial charge in [-0.1, -0.05) is 25.1 Å². The highest BCUT2D eigenvalue weighted by atomic mass is 32.2. The van der Waals surface area contributed by atoms with Crippen molar-refractivity contribution in [1.29, 1.82) is 0 Å². The summed E-state index contributed by atoms with van der Waals surface area (Å²) in [6.07, 6.45) is 4.81. The number of fused-ring (bicyclic) bond motifs is 1. The lowest BCUT2D eigenvalue weighted by Gasteiger charge is -2.05. The molecule has 0 bridgehead atoms. The van der Waals surface area contributed by atoms with Gasteiger partial charge in [-0.05, 0) is 31.5 Å². The maximum Gasteiger partial charge on any atom is 0.191 e. The van der Waals surface area contributed by atoms with Crippen LogP contribution >= 0.6 is 11.8 Å². The second-order valence-corrected chi connectivity index (χ2v) is 6.24. The summed E-state index contributed by atoms with van der Waals surface area (Å²) in [5.41, 5.74) is 0. The summed E-state index contributed by atoms with van der Waals surface area (Å²) >= 11 is 1.72. The summed E-state index contributed by atoms with van der Waals surface area (Å²) in [6.45, 7) is 4.89. The van der Waals surface area contributed by atoms with E-state index >= 15 is 0 Å². The molecule has 0 saturated heterocycles. The Morgan fingerprint density at radius 2 is 2.14 bits per heavy atom. The molecule has 1 aliphatic heterocycles. The number of thioether (sulfide) groups is 1. The predicted octanol–water partition coefficient (Wildman–Crippen LogP) is 3.00. The van der Waals surface area contributed by atoms with Crippen LogP contribution in [0.4, 0.5) is 0 Å². The Morgan fingerprint density at radius 3 is 3.05 bits per heavy atom. The molecule has 0 spiro atoms. The Kier molecular flexibility index (Phi) is 4.98. The topological polar surface area (TPSA) is 55.9 Å². The van der Waals surface area contributed by atoms with Crippen molar-refractivity contribution in [3.05, 3.63) is 29.5 Å². The molecule has 6 heteroatoms. The summed E-state index contributed by atoms with van der Waals surface area (Å²) < 4.78 is 8.09. The van der Waals surface area contributed by atoms with Crippen LogP contribution in [0.1, 0.15) is 43.5 Å². The molecule has 0 aromatic carbocycles. The number of hydrogen-bond acceptors (Lipinski definition) is 5. The Bertz CT molecular complexity index is 578. The van der Waals surface area contributed by atoms with Crippen LogP contribution in [0.3, 0.4) is 0 Å². The van der Waals surface area contributed by atoms with Gasteiger partial charge in [0.1, 0.15) is 17.3 Å². The van der Waals surface area contributed by atoms with Gasteiger partial charge in [0, 0.05) is 13.0 Å². The van der Waals surface area contributed by atoms with Gasteiger partial charge in [0.25, 0.3) is 0 Å². The van der Waals surface area contributed by atoms with E-state index in [1.54, 1.807) is 11.8 Å². The molecule has 2 aromatic rings. The third-order valence-corrected chi connectivity index (χ3v) is 4.67. The molecule has 3 heterocycles. The van der Waals surface area contributed by atoms with Gasteiger partial charge in [0.2, 0.25) is 0 Å². The third-order valence-electron chi connectivity index (χ3n) is 3.69. The van der Waals surface area contributed by atoms with E-state index in [2.05, 4.69) is 33.1 Å². The zero-order chi connectivity index (χ0) is 14.5. The Morgan fingerprint density at radius 1 is 1.24 bits per heavy atom. The smallest absolute Gasteiger partial charge is 0.191 e. The summed E-state index contributed by atoms with van der Waals surface area (Å²) in [4.78, 5) is 0. The second-order valence-electron chi connectivity index (χ2n) is 5.30. The van der Waals surface area contributed by atoms with E-state index in [0.29, 0.717) is 0 Å². The molecule has 0 radical (unpaired) electrons. The second kappa shape index (κ2) is 7.13. The van der Waals surface area contributed by atoms with Crippen molar-refractivity contribution in [2.45, 2.75) is 56.6 Å². The van der Waals surface area contributed by atoms with Crippen molar-refractivity contribution < 1.29 is 4.42 Å². The van der Waals surface area contributed by atoms with E-state index in [-0.39, 0.29) is 0 Å². The largest absolute Gasteiger partial charge is 0.464 e. The molecule has 3 rings (SSSR count). The fourth-order valence-electron chi connectivity index (χ4n) is 2.54. The minimum absolute atomic E-state index is 0.793. The first-order chi connectivity index (χ1) is 10.4. The zero-order valence-electron chi connectivity index (χ0n) is 12.5. The van der Waals surface area contributed by atoms with Crippen LogP contribution < -0.4 is 5.32 Å². The van der Waals surface area contributed by atoms with Crippen LogP contribution in [-0.4, -0.2) is 21.3 Å². The highest BCUT2D eigenvalue weighted by molar-refractivity contribution is 7.98. The fourth-order valence-corrected chi connectivity index (χ4v) is 3.42. The van der Waals surface area contributed by atoms with Crippen LogP contribution in [0.2, 0.25) is 0 Å². The van der Waals surface area contributed by atoms with Crippen molar-refractivity contribution in [2.75, 3.05) is 6.54 Å². The normalized spacial score (nSPS) is 14.9. The maximum atomic E-state index is 5.81. The molecule has 0 amide bonds. The van der Waals surface area contributed by atoms with Crippen LogP contribution in [0.25, 0.3) is 0 Å². The van der Waals surface area contributed by atoms with E-state index in [1.807, 2.05) is 6.07 Å². The molecular weight excluding hydrogens is 284 g/mol. The first kappa shape index (κ1) is 14.7. The highest BCUT2D eigenvalue weighted by Gasteiger charge is 2.15.